The molecule has 0 saturated carbocycles. The van der Waals surface area contributed by atoms with Crippen LogP contribution in [0, 0.1) is 15.9 Å². The Kier molecular flexibility index (Phi) is 5.22. The summed E-state index contributed by atoms with van der Waals surface area (Å²) in [6, 6.07) is 1.82. The molecule has 1 aromatic rings. The van der Waals surface area contributed by atoms with Crippen molar-refractivity contribution in [2.75, 3.05) is 6.61 Å². The number of esters is 1. The molecule has 8 heteroatoms. The minimum Gasteiger partial charge on any atom is -0.478 e. The number of benzene rings is 1. The molecule has 104 valence electrons. The van der Waals surface area contributed by atoms with Crippen molar-refractivity contribution in [3.8, 4) is 5.75 Å². The Morgan fingerprint density at radius 3 is 2.74 bits per heavy atom. The lowest BCUT2D eigenvalue weighted by Crippen LogP contribution is -2.26. The second kappa shape index (κ2) is 6.46. The average molecular weight is 336 g/mol. The molecule has 0 bridgehead atoms. The van der Waals surface area contributed by atoms with Gasteiger partial charge >= 0.3 is 11.7 Å². The van der Waals surface area contributed by atoms with Crippen molar-refractivity contribution >= 4 is 27.6 Å². The van der Waals surface area contributed by atoms with E-state index in [1.807, 2.05) is 0 Å². The highest BCUT2D eigenvalue weighted by atomic mass is 79.9. The van der Waals surface area contributed by atoms with Crippen LogP contribution in [-0.4, -0.2) is 23.6 Å². The fraction of sp³-hybridized carbons (Fsp3) is 0.364. The zero-order valence-corrected chi connectivity index (χ0v) is 11.8. The van der Waals surface area contributed by atoms with Crippen LogP contribution in [0.3, 0.4) is 0 Å². The Bertz CT molecular complexity index is 508. The van der Waals surface area contributed by atoms with Crippen molar-refractivity contribution in [1.82, 2.24) is 0 Å². The van der Waals surface area contributed by atoms with Crippen LogP contribution in [0.15, 0.2) is 16.6 Å². The fourth-order valence-electron chi connectivity index (χ4n) is 1.25. The topological polar surface area (TPSA) is 78.7 Å². The summed E-state index contributed by atoms with van der Waals surface area (Å²) >= 11 is 3.01. The number of hydrogen-bond donors (Lipinski definition) is 0. The fourth-order valence-corrected chi connectivity index (χ4v) is 1.66. The van der Waals surface area contributed by atoms with Crippen LogP contribution < -0.4 is 4.74 Å². The molecular weight excluding hydrogens is 325 g/mol. The largest absolute Gasteiger partial charge is 0.478 e. The maximum absolute atomic E-state index is 13.3. The summed E-state index contributed by atoms with van der Waals surface area (Å²) in [4.78, 5) is 21.1. The van der Waals surface area contributed by atoms with Gasteiger partial charge in [0.1, 0.15) is 5.75 Å². The monoisotopic (exact) mass is 335 g/mol. The van der Waals surface area contributed by atoms with Crippen molar-refractivity contribution in [2.24, 2.45) is 0 Å². The molecule has 1 aromatic carbocycles. The normalized spacial score (nSPS) is 11.8. The number of halogens is 2. The Balaban J connectivity index is 2.98. The number of nitrogens with zero attached hydrogens (tertiary/aromatic N) is 1. The quantitative estimate of drug-likeness (QED) is 0.469. The lowest BCUT2D eigenvalue weighted by Gasteiger charge is -2.14. The van der Waals surface area contributed by atoms with Gasteiger partial charge in [0.15, 0.2) is 6.10 Å². The van der Waals surface area contributed by atoms with E-state index in [2.05, 4.69) is 15.9 Å². The molecule has 0 N–H and O–H groups in total. The molecule has 1 rings (SSSR count). The second-order valence-electron chi connectivity index (χ2n) is 3.50. The third kappa shape index (κ3) is 3.88. The van der Waals surface area contributed by atoms with Crippen LogP contribution in [0.2, 0.25) is 0 Å². The Morgan fingerprint density at radius 2 is 2.21 bits per heavy atom. The highest BCUT2D eigenvalue weighted by molar-refractivity contribution is 9.10. The molecule has 0 aliphatic rings. The number of nitro benzene ring substituents is 1. The molecule has 0 spiro atoms. The average Bonchev–Trinajstić information content (AvgIpc) is 2.32. The van der Waals surface area contributed by atoms with E-state index in [9.17, 15) is 19.3 Å². The molecule has 0 aliphatic heterocycles. The maximum Gasteiger partial charge on any atom is 0.347 e. The van der Waals surface area contributed by atoms with Gasteiger partial charge in [0.05, 0.1) is 22.1 Å². The van der Waals surface area contributed by atoms with Crippen LogP contribution >= 0.6 is 15.9 Å². The van der Waals surface area contributed by atoms with Crippen LogP contribution in [0.1, 0.15) is 13.8 Å². The third-order valence-corrected chi connectivity index (χ3v) is 2.74. The van der Waals surface area contributed by atoms with E-state index in [1.165, 1.54) is 6.92 Å². The van der Waals surface area contributed by atoms with Gasteiger partial charge in [-0.3, -0.25) is 10.1 Å². The second-order valence-corrected chi connectivity index (χ2v) is 4.36. The minimum absolute atomic E-state index is 0.00588. The zero-order chi connectivity index (χ0) is 14.6. The van der Waals surface area contributed by atoms with Gasteiger partial charge in [-0.15, -0.1) is 0 Å². The first-order valence-electron chi connectivity index (χ1n) is 5.33. The number of nitro groups is 1. The molecule has 0 saturated heterocycles. The smallest absolute Gasteiger partial charge is 0.347 e. The molecule has 0 radical (unpaired) electrons. The van der Waals surface area contributed by atoms with E-state index in [0.717, 1.165) is 12.1 Å². The summed E-state index contributed by atoms with van der Waals surface area (Å²) in [5, 5.41) is 10.6. The molecular formula is C11H11BrFNO5. The predicted molar refractivity (Wildman–Crippen MR) is 67.5 cm³/mol. The number of rotatable bonds is 5. The Morgan fingerprint density at radius 1 is 1.58 bits per heavy atom. The molecule has 19 heavy (non-hydrogen) atoms. The van der Waals surface area contributed by atoms with Gasteiger partial charge in [-0.2, -0.15) is 4.39 Å². The first kappa shape index (κ1) is 15.4. The summed E-state index contributed by atoms with van der Waals surface area (Å²) in [6.07, 6.45) is -0.957. The minimum atomic E-state index is -0.993. The van der Waals surface area contributed by atoms with Crippen LogP contribution in [-0.2, 0) is 9.53 Å². The van der Waals surface area contributed by atoms with Gasteiger partial charge in [-0.05, 0) is 35.8 Å². The Hall–Kier alpha value is -1.70. The van der Waals surface area contributed by atoms with Gasteiger partial charge in [-0.1, -0.05) is 0 Å². The number of ether oxygens (including phenoxy) is 2. The summed E-state index contributed by atoms with van der Waals surface area (Å²) in [5.41, 5.74) is -0.728. The van der Waals surface area contributed by atoms with E-state index in [4.69, 9.17) is 9.47 Å². The SMILES string of the molecule is CCOC(=O)C(C)Oc1cc([N+](=O)[O-])c(F)cc1Br. The van der Waals surface area contributed by atoms with Crippen molar-refractivity contribution < 1.29 is 23.6 Å². The number of hydrogen-bond acceptors (Lipinski definition) is 5. The summed E-state index contributed by atoms with van der Waals surface area (Å²) in [7, 11) is 0. The lowest BCUT2D eigenvalue weighted by molar-refractivity contribution is -0.387. The first-order valence-corrected chi connectivity index (χ1v) is 6.12. The van der Waals surface area contributed by atoms with Crippen LogP contribution in [0.4, 0.5) is 10.1 Å². The molecule has 0 amide bonds. The summed E-state index contributed by atoms with van der Waals surface area (Å²) < 4.78 is 23.4. The van der Waals surface area contributed by atoms with Gasteiger partial charge in [0.2, 0.25) is 5.82 Å². The lowest BCUT2D eigenvalue weighted by atomic mass is 10.3. The summed E-state index contributed by atoms with van der Waals surface area (Å²) in [6.45, 7) is 3.26. The third-order valence-electron chi connectivity index (χ3n) is 2.12. The molecule has 6 nitrogen and oxygen atoms in total. The van der Waals surface area contributed by atoms with Crippen molar-refractivity contribution in [3.63, 3.8) is 0 Å². The van der Waals surface area contributed by atoms with Crippen LogP contribution in [0.5, 0.6) is 5.75 Å². The zero-order valence-electron chi connectivity index (χ0n) is 10.2. The van der Waals surface area contributed by atoms with Gasteiger partial charge < -0.3 is 9.47 Å². The molecule has 0 aliphatic carbocycles. The highest BCUT2D eigenvalue weighted by Gasteiger charge is 2.22. The van der Waals surface area contributed by atoms with Crippen molar-refractivity contribution in [3.05, 3.63) is 32.5 Å². The van der Waals surface area contributed by atoms with Gasteiger partial charge in [0.25, 0.3) is 0 Å². The standard InChI is InChI=1S/C11H11BrFNO5/c1-3-18-11(15)6(2)19-10-5-9(14(16)17)8(13)4-7(10)12/h4-6H,3H2,1-2H3. The maximum atomic E-state index is 13.3. The molecule has 1 unspecified atom stereocenters. The summed E-state index contributed by atoms with van der Waals surface area (Å²) in [5.74, 6) is -1.61. The molecule has 0 aromatic heterocycles. The molecule has 0 heterocycles. The molecule has 0 fully saturated rings. The Labute approximate surface area is 116 Å². The van der Waals surface area contributed by atoms with E-state index in [-0.39, 0.29) is 16.8 Å². The first-order chi connectivity index (χ1) is 8.86. The van der Waals surface area contributed by atoms with Crippen molar-refractivity contribution in [2.45, 2.75) is 20.0 Å². The highest BCUT2D eigenvalue weighted by Crippen LogP contribution is 2.32. The van der Waals surface area contributed by atoms with E-state index in [1.54, 1.807) is 6.92 Å². The number of carbonyl (C=O) groups excluding carboxylic acids is 1. The van der Waals surface area contributed by atoms with Gasteiger partial charge in [0, 0.05) is 0 Å². The predicted octanol–water partition coefficient (Wildman–Crippen LogP) is 2.83. The van der Waals surface area contributed by atoms with Gasteiger partial charge in [-0.25, -0.2) is 4.79 Å². The van der Waals surface area contributed by atoms with Crippen molar-refractivity contribution in [1.29, 1.82) is 0 Å². The van der Waals surface area contributed by atoms with E-state index < -0.39 is 28.5 Å². The van der Waals surface area contributed by atoms with Crippen LogP contribution in [0.25, 0.3) is 0 Å². The van der Waals surface area contributed by atoms with E-state index in [0.29, 0.717) is 0 Å². The number of carbonyl (C=O) groups is 1. The van der Waals surface area contributed by atoms with E-state index >= 15 is 0 Å². The molecule has 1 atom stereocenters.